The lowest BCUT2D eigenvalue weighted by atomic mass is 10.2. The lowest BCUT2D eigenvalue weighted by Gasteiger charge is -2.04. The number of rotatable bonds is 3. The number of anilines is 1. The fourth-order valence-corrected chi connectivity index (χ4v) is 3.46. The molecular formula is C12H11Br2NS. The molecule has 1 nitrogen and oxygen atoms in total. The first-order valence-electron chi connectivity index (χ1n) is 4.89. The summed E-state index contributed by atoms with van der Waals surface area (Å²) in [5.74, 6) is 0. The number of hydrogen-bond acceptors (Lipinski definition) is 2. The van der Waals surface area contributed by atoms with Crippen molar-refractivity contribution in [3.8, 4) is 0 Å². The summed E-state index contributed by atoms with van der Waals surface area (Å²) in [5.41, 5.74) is 2.44. The van der Waals surface area contributed by atoms with Gasteiger partial charge in [0.15, 0.2) is 0 Å². The van der Waals surface area contributed by atoms with E-state index in [1.54, 1.807) is 11.3 Å². The van der Waals surface area contributed by atoms with Crippen molar-refractivity contribution in [2.45, 2.75) is 13.5 Å². The van der Waals surface area contributed by atoms with Crippen molar-refractivity contribution >= 4 is 48.9 Å². The predicted molar refractivity (Wildman–Crippen MR) is 78.2 cm³/mol. The zero-order valence-electron chi connectivity index (χ0n) is 8.76. The van der Waals surface area contributed by atoms with E-state index in [0.717, 1.165) is 20.5 Å². The van der Waals surface area contributed by atoms with Crippen molar-refractivity contribution in [1.82, 2.24) is 0 Å². The van der Waals surface area contributed by atoms with Crippen LogP contribution in [0.2, 0.25) is 0 Å². The van der Waals surface area contributed by atoms with Gasteiger partial charge >= 0.3 is 0 Å². The Balaban J connectivity index is 1.99. The highest BCUT2D eigenvalue weighted by atomic mass is 79.9. The monoisotopic (exact) mass is 359 g/mol. The summed E-state index contributed by atoms with van der Waals surface area (Å²) >= 11 is 8.73. The van der Waals surface area contributed by atoms with Gasteiger partial charge in [-0.05, 0) is 57.0 Å². The second kappa shape index (κ2) is 5.34. The van der Waals surface area contributed by atoms with Crippen LogP contribution < -0.4 is 5.32 Å². The van der Waals surface area contributed by atoms with E-state index in [-0.39, 0.29) is 0 Å². The summed E-state index contributed by atoms with van der Waals surface area (Å²) in [6, 6.07) is 10.6. The van der Waals surface area contributed by atoms with Gasteiger partial charge in [0.25, 0.3) is 0 Å². The average molecular weight is 361 g/mol. The normalized spacial score (nSPS) is 10.4. The third-order valence-electron chi connectivity index (χ3n) is 2.21. The Morgan fingerprint density at radius 2 is 1.88 bits per heavy atom. The Hall–Kier alpha value is -0.320. The number of halogens is 2. The molecule has 2 aromatic rings. The van der Waals surface area contributed by atoms with Gasteiger partial charge in [-0.2, -0.15) is 0 Å². The smallest absolute Gasteiger partial charge is 0.0843 e. The molecule has 1 heterocycles. The molecule has 16 heavy (non-hydrogen) atoms. The van der Waals surface area contributed by atoms with E-state index in [4.69, 9.17) is 0 Å². The van der Waals surface area contributed by atoms with Crippen LogP contribution in [0.1, 0.15) is 10.4 Å². The van der Waals surface area contributed by atoms with Gasteiger partial charge in [0.2, 0.25) is 0 Å². The van der Waals surface area contributed by atoms with E-state index in [1.807, 2.05) is 0 Å². The van der Waals surface area contributed by atoms with Crippen molar-refractivity contribution in [3.05, 3.63) is 49.0 Å². The van der Waals surface area contributed by atoms with Crippen LogP contribution in [0.25, 0.3) is 0 Å². The summed E-state index contributed by atoms with van der Waals surface area (Å²) in [5, 5.41) is 3.40. The maximum absolute atomic E-state index is 3.50. The molecular weight excluding hydrogens is 350 g/mol. The number of hydrogen-bond donors (Lipinski definition) is 1. The third kappa shape index (κ3) is 3.09. The highest BCUT2D eigenvalue weighted by Gasteiger charge is 2.03. The summed E-state index contributed by atoms with van der Waals surface area (Å²) in [6.07, 6.45) is 0. The number of thiophene rings is 1. The van der Waals surface area contributed by atoms with Crippen molar-refractivity contribution < 1.29 is 0 Å². The molecule has 1 aromatic heterocycles. The minimum absolute atomic E-state index is 0.859. The van der Waals surface area contributed by atoms with Crippen LogP contribution in [0.3, 0.4) is 0 Å². The van der Waals surface area contributed by atoms with Gasteiger partial charge in [0, 0.05) is 21.6 Å². The van der Waals surface area contributed by atoms with Crippen molar-refractivity contribution in [2.24, 2.45) is 0 Å². The maximum Gasteiger partial charge on any atom is 0.0843 e. The largest absolute Gasteiger partial charge is 0.380 e. The van der Waals surface area contributed by atoms with E-state index >= 15 is 0 Å². The van der Waals surface area contributed by atoms with Gasteiger partial charge in [-0.25, -0.2) is 0 Å². The zero-order chi connectivity index (χ0) is 11.5. The summed E-state index contributed by atoms with van der Waals surface area (Å²) in [4.78, 5) is 1.30. The van der Waals surface area contributed by atoms with Crippen LogP contribution in [0.4, 0.5) is 5.69 Å². The van der Waals surface area contributed by atoms with E-state index in [1.165, 1.54) is 10.4 Å². The van der Waals surface area contributed by atoms with Gasteiger partial charge in [0.1, 0.15) is 0 Å². The molecule has 0 aliphatic carbocycles. The van der Waals surface area contributed by atoms with Gasteiger partial charge in [-0.3, -0.25) is 0 Å². The first-order valence-corrected chi connectivity index (χ1v) is 7.29. The molecule has 0 radical (unpaired) electrons. The zero-order valence-corrected chi connectivity index (χ0v) is 12.7. The number of benzene rings is 1. The van der Waals surface area contributed by atoms with E-state index in [9.17, 15) is 0 Å². The van der Waals surface area contributed by atoms with Crippen LogP contribution in [-0.2, 0) is 6.54 Å². The van der Waals surface area contributed by atoms with Crippen molar-refractivity contribution in [2.75, 3.05) is 5.32 Å². The summed E-state index contributed by atoms with van der Waals surface area (Å²) in [7, 11) is 0. The molecule has 0 atom stereocenters. The van der Waals surface area contributed by atoms with Crippen LogP contribution in [0, 0.1) is 6.92 Å². The number of aryl methyl sites for hydroxylation is 1. The minimum atomic E-state index is 0.859. The average Bonchev–Trinajstić information content (AvgIpc) is 2.58. The fourth-order valence-electron chi connectivity index (χ4n) is 1.34. The first-order chi connectivity index (χ1) is 7.65. The topological polar surface area (TPSA) is 12.0 Å². The lowest BCUT2D eigenvalue weighted by molar-refractivity contribution is 1.19. The quantitative estimate of drug-likeness (QED) is 0.793. The maximum atomic E-state index is 3.50. The second-order valence-corrected chi connectivity index (χ2v) is 6.86. The molecule has 0 unspecified atom stereocenters. The Morgan fingerprint density at radius 3 is 2.44 bits per heavy atom. The van der Waals surface area contributed by atoms with E-state index < -0.39 is 0 Å². The third-order valence-corrected chi connectivity index (χ3v) is 5.47. The van der Waals surface area contributed by atoms with Crippen LogP contribution in [0.5, 0.6) is 0 Å². The molecule has 0 fully saturated rings. The van der Waals surface area contributed by atoms with Crippen LogP contribution >= 0.6 is 43.2 Å². The number of nitrogens with one attached hydrogen (secondary N) is 1. The van der Waals surface area contributed by atoms with Crippen molar-refractivity contribution in [1.29, 1.82) is 0 Å². The van der Waals surface area contributed by atoms with Gasteiger partial charge in [0.05, 0.1) is 3.79 Å². The molecule has 0 aliphatic heterocycles. The van der Waals surface area contributed by atoms with Gasteiger partial charge < -0.3 is 5.32 Å². The SMILES string of the molecule is Cc1ccc(NCc2cc(Br)c(Br)s2)cc1. The molecule has 0 saturated heterocycles. The standard InChI is InChI=1S/C12H11Br2NS/c1-8-2-4-9(5-3-8)15-7-10-6-11(13)12(14)16-10/h2-6,15H,7H2,1H3. The molecule has 0 amide bonds. The first kappa shape index (κ1) is 12.1. The molecule has 4 heteroatoms. The fraction of sp³-hybridized carbons (Fsp3) is 0.167. The summed E-state index contributed by atoms with van der Waals surface area (Å²) in [6.45, 7) is 2.95. The predicted octanol–water partition coefficient (Wildman–Crippen LogP) is 5.19. The lowest BCUT2D eigenvalue weighted by Crippen LogP contribution is -1.96. The van der Waals surface area contributed by atoms with Crippen LogP contribution in [-0.4, -0.2) is 0 Å². The Morgan fingerprint density at radius 1 is 1.19 bits per heavy atom. The van der Waals surface area contributed by atoms with E-state index in [2.05, 4.69) is 74.4 Å². The molecule has 0 spiro atoms. The van der Waals surface area contributed by atoms with Gasteiger partial charge in [-0.15, -0.1) is 11.3 Å². The molecule has 0 bridgehead atoms. The minimum Gasteiger partial charge on any atom is -0.380 e. The van der Waals surface area contributed by atoms with E-state index in [0.29, 0.717) is 0 Å². The molecule has 84 valence electrons. The Kier molecular flexibility index (Phi) is 4.05. The molecule has 0 saturated carbocycles. The molecule has 1 N–H and O–H groups in total. The highest BCUT2D eigenvalue weighted by Crippen LogP contribution is 2.32. The Bertz CT molecular complexity index is 457. The highest BCUT2D eigenvalue weighted by molar-refractivity contribution is 9.13. The summed E-state index contributed by atoms with van der Waals surface area (Å²) < 4.78 is 2.27. The van der Waals surface area contributed by atoms with Crippen LogP contribution in [0.15, 0.2) is 38.6 Å². The molecule has 1 aromatic carbocycles. The molecule has 2 rings (SSSR count). The van der Waals surface area contributed by atoms with Gasteiger partial charge in [-0.1, -0.05) is 17.7 Å². The second-order valence-electron chi connectivity index (χ2n) is 3.55. The Labute approximate surface area is 116 Å². The molecule has 0 aliphatic rings. The van der Waals surface area contributed by atoms with Crippen molar-refractivity contribution in [3.63, 3.8) is 0 Å².